The minimum atomic E-state index is -0.533. The van der Waals surface area contributed by atoms with Crippen molar-refractivity contribution in [1.29, 1.82) is 0 Å². The van der Waals surface area contributed by atoms with Crippen molar-refractivity contribution in [1.82, 2.24) is 5.32 Å². The Kier molecular flexibility index (Phi) is 4.70. The lowest BCUT2D eigenvalue weighted by atomic mass is 10.1. The Morgan fingerprint density at radius 1 is 1.29 bits per heavy atom. The van der Waals surface area contributed by atoms with E-state index >= 15 is 0 Å². The van der Waals surface area contributed by atoms with Crippen molar-refractivity contribution in [3.05, 3.63) is 61.5 Å². The van der Waals surface area contributed by atoms with Gasteiger partial charge in [-0.3, -0.25) is 14.9 Å². The molecular formula is C18H12ClN3O5S. The second-order valence-electron chi connectivity index (χ2n) is 5.94. The molecule has 0 bridgehead atoms. The Bertz CT molecular complexity index is 1080. The number of rotatable bonds is 3. The SMILES string of the molecule is Cc1ccc(N=C2NC(=O)/C(=C/c3cc4c(cc3[N+](=O)[O-])OCO4)S2)cc1Cl. The Morgan fingerprint density at radius 3 is 2.75 bits per heavy atom. The maximum atomic E-state index is 12.3. The first-order valence-electron chi connectivity index (χ1n) is 8.04. The van der Waals surface area contributed by atoms with E-state index in [2.05, 4.69) is 10.3 Å². The third-order valence-electron chi connectivity index (χ3n) is 4.04. The van der Waals surface area contributed by atoms with Crippen molar-refractivity contribution in [2.75, 3.05) is 6.79 Å². The van der Waals surface area contributed by atoms with E-state index in [1.54, 1.807) is 12.1 Å². The Morgan fingerprint density at radius 2 is 2.04 bits per heavy atom. The first kappa shape index (κ1) is 18.3. The molecule has 4 rings (SSSR count). The fourth-order valence-electron chi connectivity index (χ4n) is 2.61. The Labute approximate surface area is 168 Å². The van der Waals surface area contributed by atoms with Crippen LogP contribution < -0.4 is 14.8 Å². The van der Waals surface area contributed by atoms with Gasteiger partial charge in [0.15, 0.2) is 16.7 Å². The molecule has 142 valence electrons. The predicted molar refractivity (Wildman–Crippen MR) is 106 cm³/mol. The normalized spacial score (nSPS) is 18.0. The highest BCUT2D eigenvalue weighted by molar-refractivity contribution is 8.18. The zero-order valence-corrected chi connectivity index (χ0v) is 16.0. The summed E-state index contributed by atoms with van der Waals surface area (Å²) in [5.41, 5.74) is 1.57. The van der Waals surface area contributed by atoms with Crippen LogP contribution in [-0.2, 0) is 4.79 Å². The monoisotopic (exact) mass is 417 g/mol. The summed E-state index contributed by atoms with van der Waals surface area (Å²) in [6.45, 7) is 1.88. The van der Waals surface area contributed by atoms with Gasteiger partial charge < -0.3 is 14.8 Å². The number of benzene rings is 2. The summed E-state index contributed by atoms with van der Waals surface area (Å²) in [6.07, 6.45) is 1.44. The topological polar surface area (TPSA) is 103 Å². The average molecular weight is 418 g/mol. The number of nitro benzene ring substituents is 1. The smallest absolute Gasteiger partial charge is 0.280 e. The van der Waals surface area contributed by atoms with Gasteiger partial charge in [-0.25, -0.2) is 4.99 Å². The van der Waals surface area contributed by atoms with Crippen molar-refractivity contribution in [3.8, 4) is 11.5 Å². The number of aryl methyl sites for hydroxylation is 1. The van der Waals surface area contributed by atoms with Gasteiger partial charge in [0.1, 0.15) is 0 Å². The molecule has 0 aliphatic carbocycles. The number of nitrogens with one attached hydrogen (secondary N) is 1. The summed E-state index contributed by atoms with van der Waals surface area (Å²) in [5.74, 6) is 0.300. The molecular weight excluding hydrogens is 406 g/mol. The number of hydrogen-bond donors (Lipinski definition) is 1. The summed E-state index contributed by atoms with van der Waals surface area (Å²) >= 11 is 7.18. The summed E-state index contributed by atoms with van der Waals surface area (Å²) in [6, 6.07) is 8.08. The molecule has 0 aromatic heterocycles. The van der Waals surface area contributed by atoms with Crippen LogP contribution in [0.5, 0.6) is 11.5 Å². The molecule has 1 N–H and O–H groups in total. The molecule has 0 spiro atoms. The van der Waals surface area contributed by atoms with Crippen LogP contribution in [-0.4, -0.2) is 22.8 Å². The zero-order valence-electron chi connectivity index (χ0n) is 14.4. The van der Waals surface area contributed by atoms with Crippen LogP contribution >= 0.6 is 23.4 Å². The molecule has 2 aromatic carbocycles. The van der Waals surface area contributed by atoms with Crippen LogP contribution in [0.15, 0.2) is 40.2 Å². The number of carbonyl (C=O) groups is 1. The summed E-state index contributed by atoms with van der Waals surface area (Å²) in [4.78, 5) is 27.8. The van der Waals surface area contributed by atoms with Gasteiger partial charge in [-0.05, 0) is 48.5 Å². The number of ether oxygens (including phenoxy) is 2. The van der Waals surface area contributed by atoms with E-state index in [9.17, 15) is 14.9 Å². The van der Waals surface area contributed by atoms with E-state index < -0.39 is 10.8 Å². The molecule has 0 atom stereocenters. The number of amides is 1. The van der Waals surface area contributed by atoms with Gasteiger partial charge in [0.25, 0.3) is 11.6 Å². The van der Waals surface area contributed by atoms with Gasteiger partial charge in [-0.2, -0.15) is 0 Å². The highest BCUT2D eigenvalue weighted by Gasteiger charge is 2.27. The highest BCUT2D eigenvalue weighted by Crippen LogP contribution is 2.40. The molecule has 2 heterocycles. The minimum absolute atomic E-state index is 0.00232. The second kappa shape index (κ2) is 7.17. The van der Waals surface area contributed by atoms with Gasteiger partial charge in [-0.1, -0.05) is 17.7 Å². The minimum Gasteiger partial charge on any atom is -0.454 e. The molecule has 0 radical (unpaired) electrons. The molecule has 1 fully saturated rings. The molecule has 2 aromatic rings. The highest BCUT2D eigenvalue weighted by atomic mass is 35.5. The molecule has 2 aliphatic heterocycles. The fraction of sp³-hybridized carbons (Fsp3) is 0.111. The number of fused-ring (bicyclic) bond motifs is 1. The molecule has 8 nitrogen and oxygen atoms in total. The van der Waals surface area contributed by atoms with E-state index in [4.69, 9.17) is 21.1 Å². The maximum absolute atomic E-state index is 12.3. The third-order valence-corrected chi connectivity index (χ3v) is 5.36. The lowest BCUT2D eigenvalue weighted by Gasteiger charge is -2.01. The van der Waals surface area contributed by atoms with Gasteiger partial charge in [0, 0.05) is 5.02 Å². The second-order valence-corrected chi connectivity index (χ2v) is 7.37. The van der Waals surface area contributed by atoms with E-state index in [1.807, 2.05) is 13.0 Å². The van der Waals surface area contributed by atoms with E-state index in [1.165, 1.54) is 18.2 Å². The number of amidine groups is 1. The van der Waals surface area contributed by atoms with Crippen LogP contribution in [0.3, 0.4) is 0 Å². The number of carbonyl (C=O) groups excluding carboxylic acids is 1. The average Bonchev–Trinajstić information content (AvgIpc) is 3.23. The van der Waals surface area contributed by atoms with Crippen LogP contribution in [0, 0.1) is 17.0 Å². The van der Waals surface area contributed by atoms with E-state index in [0.717, 1.165) is 17.3 Å². The molecule has 0 unspecified atom stereocenters. The summed E-state index contributed by atoms with van der Waals surface area (Å²) in [7, 11) is 0. The number of hydrogen-bond acceptors (Lipinski definition) is 7. The molecule has 10 heteroatoms. The van der Waals surface area contributed by atoms with Crippen molar-refractivity contribution < 1.29 is 19.2 Å². The van der Waals surface area contributed by atoms with Gasteiger partial charge in [0.2, 0.25) is 6.79 Å². The summed E-state index contributed by atoms with van der Waals surface area (Å²) in [5, 5.41) is 15.0. The summed E-state index contributed by atoms with van der Waals surface area (Å²) < 4.78 is 10.4. The standard InChI is InChI=1S/C18H12ClN3O5S/c1-9-2-3-11(6-12(9)19)20-18-21-17(23)16(28-18)5-10-4-14-15(27-8-26-14)7-13(10)22(24)25/h2-7H,8H2,1H3,(H,20,21,23)/b16-5-. The van der Waals surface area contributed by atoms with Crippen molar-refractivity contribution >= 4 is 51.9 Å². The van der Waals surface area contributed by atoms with Crippen LogP contribution in [0.2, 0.25) is 5.02 Å². The molecule has 2 aliphatic rings. The molecule has 0 saturated carbocycles. The number of halogens is 1. The molecule has 1 saturated heterocycles. The lowest BCUT2D eigenvalue weighted by Crippen LogP contribution is -2.19. The Balaban J connectivity index is 1.66. The lowest BCUT2D eigenvalue weighted by molar-refractivity contribution is -0.385. The number of aliphatic imine (C=N–C) groups is 1. The molecule has 1 amide bonds. The van der Waals surface area contributed by atoms with Crippen LogP contribution in [0.25, 0.3) is 6.08 Å². The van der Waals surface area contributed by atoms with E-state index in [0.29, 0.717) is 27.4 Å². The number of nitrogens with zero attached hydrogens (tertiary/aromatic N) is 2. The predicted octanol–water partition coefficient (Wildman–Crippen LogP) is 4.18. The first-order valence-corrected chi connectivity index (χ1v) is 9.24. The van der Waals surface area contributed by atoms with Crippen LogP contribution in [0.1, 0.15) is 11.1 Å². The van der Waals surface area contributed by atoms with Gasteiger partial charge >= 0.3 is 0 Å². The van der Waals surface area contributed by atoms with E-state index in [-0.39, 0.29) is 22.9 Å². The third kappa shape index (κ3) is 3.54. The fourth-order valence-corrected chi connectivity index (χ4v) is 3.62. The van der Waals surface area contributed by atoms with Crippen LogP contribution in [0.4, 0.5) is 11.4 Å². The van der Waals surface area contributed by atoms with Crippen molar-refractivity contribution in [3.63, 3.8) is 0 Å². The quantitative estimate of drug-likeness (QED) is 0.456. The van der Waals surface area contributed by atoms with Crippen molar-refractivity contribution in [2.45, 2.75) is 6.92 Å². The largest absolute Gasteiger partial charge is 0.454 e. The Hall–Kier alpha value is -3.04. The maximum Gasteiger partial charge on any atom is 0.280 e. The van der Waals surface area contributed by atoms with Gasteiger partial charge in [-0.15, -0.1) is 0 Å². The number of nitro groups is 1. The number of thioether (sulfide) groups is 1. The van der Waals surface area contributed by atoms with Crippen molar-refractivity contribution in [2.24, 2.45) is 4.99 Å². The van der Waals surface area contributed by atoms with Gasteiger partial charge in [0.05, 0.1) is 27.1 Å². The molecule has 28 heavy (non-hydrogen) atoms. The first-order chi connectivity index (χ1) is 13.4. The zero-order chi connectivity index (χ0) is 19.8.